The Morgan fingerprint density at radius 3 is 2.75 bits per heavy atom. The maximum absolute atomic E-state index is 13.4. The molecule has 0 unspecified atom stereocenters. The average Bonchev–Trinajstić information content (AvgIpc) is 2.15. The minimum absolute atomic E-state index is 0.128. The third-order valence-electron chi connectivity index (χ3n) is 2.12. The number of halogens is 3. The Morgan fingerprint density at radius 2 is 2.06 bits per heavy atom. The van der Waals surface area contributed by atoms with Crippen LogP contribution in [0.2, 0.25) is 5.02 Å². The summed E-state index contributed by atoms with van der Waals surface area (Å²) in [6.45, 7) is 0.244. The molecule has 0 N–H and O–H groups in total. The summed E-state index contributed by atoms with van der Waals surface area (Å²) in [6, 6.07) is 3.43. The van der Waals surface area contributed by atoms with Gasteiger partial charge >= 0.3 is 0 Å². The van der Waals surface area contributed by atoms with E-state index in [9.17, 15) is 8.78 Å². The van der Waals surface area contributed by atoms with Gasteiger partial charge in [-0.15, -0.1) is 0 Å². The lowest BCUT2D eigenvalue weighted by Crippen LogP contribution is -1.95. The highest BCUT2D eigenvalue weighted by Gasteiger charge is 2.10. The zero-order valence-corrected chi connectivity index (χ0v) is 9.18. The molecule has 0 bridgehead atoms. The molecule has 0 saturated heterocycles. The van der Waals surface area contributed by atoms with E-state index in [1.165, 1.54) is 13.2 Å². The van der Waals surface area contributed by atoms with Gasteiger partial charge in [-0.25, -0.2) is 8.78 Å². The molecule has 2 rings (SSSR count). The fourth-order valence-corrected chi connectivity index (χ4v) is 1.82. The monoisotopic (exact) mass is 243 g/mol. The lowest BCUT2D eigenvalue weighted by atomic mass is 10.2. The Morgan fingerprint density at radius 1 is 1.31 bits per heavy atom. The smallest absolute Gasteiger partial charge is 0.137 e. The number of hydrogen-bond donors (Lipinski definition) is 0. The number of rotatable bonds is 2. The number of nitrogens with zero attached hydrogens (tertiary/aromatic N) is 1. The van der Waals surface area contributed by atoms with Gasteiger partial charge < -0.3 is 4.74 Å². The summed E-state index contributed by atoms with van der Waals surface area (Å²) in [5.74, 6) is -1.39. The van der Waals surface area contributed by atoms with Crippen LogP contribution >= 0.6 is 11.6 Å². The Balaban J connectivity index is 2.71. The first-order valence-electron chi connectivity index (χ1n) is 4.55. The van der Waals surface area contributed by atoms with Crippen molar-refractivity contribution in [2.45, 2.75) is 6.61 Å². The summed E-state index contributed by atoms with van der Waals surface area (Å²) >= 11 is 5.90. The minimum atomic E-state index is -0.712. The van der Waals surface area contributed by atoms with Gasteiger partial charge in [0.25, 0.3) is 0 Å². The van der Waals surface area contributed by atoms with Gasteiger partial charge in [-0.1, -0.05) is 11.6 Å². The molecule has 0 fully saturated rings. The molecule has 0 aliphatic heterocycles. The second kappa shape index (κ2) is 4.31. The van der Waals surface area contributed by atoms with Crippen LogP contribution in [-0.4, -0.2) is 12.1 Å². The van der Waals surface area contributed by atoms with Crippen LogP contribution < -0.4 is 0 Å². The van der Waals surface area contributed by atoms with E-state index >= 15 is 0 Å². The van der Waals surface area contributed by atoms with Crippen molar-refractivity contribution >= 4 is 22.5 Å². The molecule has 0 radical (unpaired) electrons. The molecule has 16 heavy (non-hydrogen) atoms. The molecule has 0 spiro atoms. The Bertz CT molecular complexity index is 545. The minimum Gasteiger partial charge on any atom is -0.378 e. The van der Waals surface area contributed by atoms with E-state index in [1.54, 1.807) is 0 Å². The standard InChI is InChI=1S/C11H8ClF2NO/c1-16-5-7-4-8(12)11-9(14)2-6(13)3-10(11)15-7/h2-4H,5H2,1H3. The predicted octanol–water partition coefficient (Wildman–Crippen LogP) is 3.31. The Labute approximate surface area is 95.8 Å². The van der Waals surface area contributed by atoms with Crippen molar-refractivity contribution < 1.29 is 13.5 Å². The molecule has 0 saturated carbocycles. The fourth-order valence-electron chi connectivity index (χ4n) is 1.51. The highest BCUT2D eigenvalue weighted by Crippen LogP contribution is 2.26. The van der Waals surface area contributed by atoms with E-state index in [4.69, 9.17) is 16.3 Å². The number of methoxy groups -OCH3 is 1. The first kappa shape index (κ1) is 11.2. The molecule has 0 aliphatic carbocycles. The summed E-state index contributed by atoms with van der Waals surface area (Å²) in [5, 5.41) is 0.331. The molecular weight excluding hydrogens is 236 g/mol. The molecule has 0 amide bonds. The summed E-state index contributed by atoms with van der Waals surface area (Å²) in [6.07, 6.45) is 0. The number of pyridine rings is 1. The summed E-state index contributed by atoms with van der Waals surface area (Å²) < 4.78 is 31.3. The lowest BCUT2D eigenvalue weighted by molar-refractivity contribution is 0.182. The van der Waals surface area contributed by atoms with Crippen molar-refractivity contribution in [1.29, 1.82) is 0 Å². The molecule has 2 aromatic rings. The fraction of sp³-hybridized carbons (Fsp3) is 0.182. The molecule has 1 aromatic carbocycles. The van der Waals surface area contributed by atoms with E-state index in [0.717, 1.165) is 12.1 Å². The van der Waals surface area contributed by atoms with Gasteiger partial charge in [0, 0.05) is 19.2 Å². The number of aromatic nitrogens is 1. The third-order valence-corrected chi connectivity index (χ3v) is 2.42. The first-order chi connectivity index (χ1) is 7.61. The normalized spacial score (nSPS) is 11.0. The van der Waals surface area contributed by atoms with E-state index in [-0.39, 0.29) is 22.5 Å². The Hall–Kier alpha value is -1.26. The first-order valence-corrected chi connectivity index (χ1v) is 4.92. The molecular formula is C11H8ClF2NO. The second-order valence-corrected chi connectivity index (χ2v) is 3.72. The van der Waals surface area contributed by atoms with E-state index in [2.05, 4.69) is 4.98 Å². The topological polar surface area (TPSA) is 22.1 Å². The van der Waals surface area contributed by atoms with Gasteiger partial charge in [0.2, 0.25) is 0 Å². The molecule has 84 valence electrons. The zero-order valence-electron chi connectivity index (χ0n) is 8.43. The highest BCUT2D eigenvalue weighted by atomic mass is 35.5. The van der Waals surface area contributed by atoms with Crippen LogP contribution in [0, 0.1) is 11.6 Å². The predicted molar refractivity (Wildman–Crippen MR) is 57.4 cm³/mol. The van der Waals surface area contributed by atoms with Crippen molar-refractivity contribution in [3.8, 4) is 0 Å². The summed E-state index contributed by atoms with van der Waals surface area (Å²) in [5.41, 5.74) is 0.724. The zero-order chi connectivity index (χ0) is 11.7. The van der Waals surface area contributed by atoms with E-state index in [1.807, 2.05) is 0 Å². The molecule has 0 atom stereocenters. The molecule has 1 heterocycles. The number of fused-ring (bicyclic) bond motifs is 1. The van der Waals surface area contributed by atoms with Gasteiger partial charge in [-0.2, -0.15) is 0 Å². The van der Waals surface area contributed by atoms with Gasteiger partial charge in [0.05, 0.1) is 28.2 Å². The van der Waals surface area contributed by atoms with Crippen LogP contribution in [0.15, 0.2) is 18.2 Å². The van der Waals surface area contributed by atoms with Gasteiger partial charge in [0.15, 0.2) is 0 Å². The van der Waals surface area contributed by atoms with E-state index in [0.29, 0.717) is 5.69 Å². The summed E-state index contributed by atoms with van der Waals surface area (Å²) in [4.78, 5) is 4.06. The number of benzene rings is 1. The van der Waals surface area contributed by atoms with Crippen LogP contribution in [0.5, 0.6) is 0 Å². The van der Waals surface area contributed by atoms with E-state index < -0.39 is 11.6 Å². The van der Waals surface area contributed by atoms with Crippen LogP contribution in [0.3, 0.4) is 0 Å². The van der Waals surface area contributed by atoms with Crippen molar-refractivity contribution in [3.63, 3.8) is 0 Å². The van der Waals surface area contributed by atoms with Gasteiger partial charge in [-0.3, -0.25) is 4.98 Å². The molecule has 2 nitrogen and oxygen atoms in total. The second-order valence-electron chi connectivity index (χ2n) is 3.31. The molecule has 0 aliphatic rings. The highest BCUT2D eigenvalue weighted by molar-refractivity contribution is 6.35. The third kappa shape index (κ3) is 1.99. The summed E-state index contributed by atoms with van der Waals surface area (Å²) in [7, 11) is 1.51. The van der Waals surface area contributed by atoms with Crippen molar-refractivity contribution in [2.75, 3.05) is 7.11 Å². The van der Waals surface area contributed by atoms with Crippen molar-refractivity contribution in [1.82, 2.24) is 4.98 Å². The largest absolute Gasteiger partial charge is 0.378 e. The van der Waals surface area contributed by atoms with Gasteiger partial charge in [0.1, 0.15) is 11.6 Å². The molecule has 1 aromatic heterocycles. The lowest BCUT2D eigenvalue weighted by Gasteiger charge is -2.05. The van der Waals surface area contributed by atoms with Crippen molar-refractivity contribution in [3.05, 3.63) is 40.6 Å². The van der Waals surface area contributed by atoms with Crippen LogP contribution in [0.1, 0.15) is 5.69 Å². The molecule has 5 heteroatoms. The van der Waals surface area contributed by atoms with Crippen LogP contribution in [0.25, 0.3) is 10.9 Å². The Kier molecular flexibility index (Phi) is 3.03. The number of ether oxygens (including phenoxy) is 1. The van der Waals surface area contributed by atoms with Crippen molar-refractivity contribution in [2.24, 2.45) is 0 Å². The SMILES string of the molecule is COCc1cc(Cl)c2c(F)cc(F)cc2n1. The maximum Gasteiger partial charge on any atom is 0.137 e. The maximum atomic E-state index is 13.4. The van der Waals surface area contributed by atoms with Crippen LogP contribution in [-0.2, 0) is 11.3 Å². The van der Waals surface area contributed by atoms with Crippen LogP contribution in [0.4, 0.5) is 8.78 Å². The van der Waals surface area contributed by atoms with Gasteiger partial charge in [-0.05, 0) is 6.07 Å². The average molecular weight is 244 g/mol. The number of hydrogen-bond acceptors (Lipinski definition) is 2. The quantitative estimate of drug-likeness (QED) is 0.807.